The van der Waals surface area contributed by atoms with Crippen molar-refractivity contribution >= 4 is 11.8 Å². The largest absolute Gasteiger partial charge is 0.342 e. The number of carbonyl (C=O) groups excluding carboxylic acids is 2. The standard InChI is InChI=1S/C14H25N3O2/c1-10-13(18)15-12(11-6-7-11)14(19)17(10)9-5-4-8-16(2)3/h10-12H,4-9H2,1-3H3,(H,15,18). The maximum Gasteiger partial charge on any atom is 0.246 e. The highest BCUT2D eigenvalue weighted by Gasteiger charge is 2.45. The smallest absolute Gasteiger partial charge is 0.246 e. The molecule has 1 N–H and O–H groups in total. The lowest BCUT2D eigenvalue weighted by molar-refractivity contribution is -0.149. The number of carbonyl (C=O) groups is 2. The number of rotatable bonds is 6. The highest BCUT2D eigenvalue weighted by Crippen LogP contribution is 2.35. The van der Waals surface area contributed by atoms with Gasteiger partial charge in [-0.05, 0) is 59.2 Å². The van der Waals surface area contributed by atoms with Gasteiger partial charge in [0.25, 0.3) is 0 Å². The van der Waals surface area contributed by atoms with Crippen LogP contribution >= 0.6 is 0 Å². The lowest BCUT2D eigenvalue weighted by Crippen LogP contribution is -2.63. The van der Waals surface area contributed by atoms with E-state index in [0.717, 1.165) is 32.2 Å². The second-order valence-electron chi connectivity index (χ2n) is 6.04. The van der Waals surface area contributed by atoms with Crippen LogP contribution in [0.2, 0.25) is 0 Å². The Bertz CT molecular complexity index is 353. The van der Waals surface area contributed by atoms with Crippen LogP contribution in [0.5, 0.6) is 0 Å². The fourth-order valence-corrected chi connectivity index (χ4v) is 2.61. The fraction of sp³-hybridized carbons (Fsp3) is 0.857. The molecule has 108 valence electrons. The molecule has 2 rings (SSSR count). The zero-order valence-corrected chi connectivity index (χ0v) is 12.2. The van der Waals surface area contributed by atoms with Crippen molar-refractivity contribution in [3.8, 4) is 0 Å². The van der Waals surface area contributed by atoms with E-state index < -0.39 is 0 Å². The Morgan fingerprint density at radius 3 is 2.53 bits per heavy atom. The SMILES string of the molecule is CC1C(=O)NC(C2CC2)C(=O)N1CCCCN(C)C. The molecular weight excluding hydrogens is 242 g/mol. The van der Waals surface area contributed by atoms with Crippen LogP contribution in [0.1, 0.15) is 32.6 Å². The number of nitrogens with one attached hydrogen (secondary N) is 1. The molecule has 2 unspecified atom stereocenters. The summed E-state index contributed by atoms with van der Waals surface area (Å²) in [5, 5.41) is 2.88. The number of amides is 2. The third kappa shape index (κ3) is 3.47. The molecule has 1 saturated heterocycles. The average molecular weight is 267 g/mol. The van der Waals surface area contributed by atoms with E-state index in [-0.39, 0.29) is 23.9 Å². The zero-order chi connectivity index (χ0) is 14.0. The van der Waals surface area contributed by atoms with Crippen molar-refractivity contribution in [2.75, 3.05) is 27.2 Å². The van der Waals surface area contributed by atoms with E-state index in [1.54, 1.807) is 4.90 Å². The van der Waals surface area contributed by atoms with Crippen LogP contribution in [-0.2, 0) is 9.59 Å². The summed E-state index contributed by atoms with van der Waals surface area (Å²) < 4.78 is 0. The molecule has 0 aromatic rings. The highest BCUT2D eigenvalue weighted by atomic mass is 16.2. The third-order valence-electron chi connectivity index (χ3n) is 4.04. The maximum atomic E-state index is 12.4. The van der Waals surface area contributed by atoms with Crippen LogP contribution in [0.15, 0.2) is 0 Å². The summed E-state index contributed by atoms with van der Waals surface area (Å²) in [5.74, 6) is 0.511. The Hall–Kier alpha value is -1.10. The predicted octanol–water partition coefficient (Wildman–Crippen LogP) is 0.454. The molecule has 2 atom stereocenters. The predicted molar refractivity (Wildman–Crippen MR) is 73.6 cm³/mol. The first-order valence-corrected chi connectivity index (χ1v) is 7.26. The number of unbranched alkanes of at least 4 members (excludes halogenated alkanes) is 1. The summed E-state index contributed by atoms with van der Waals surface area (Å²) in [6.07, 6.45) is 4.15. The van der Waals surface area contributed by atoms with E-state index in [4.69, 9.17) is 0 Å². The quantitative estimate of drug-likeness (QED) is 0.711. The second-order valence-corrected chi connectivity index (χ2v) is 6.04. The van der Waals surface area contributed by atoms with E-state index in [1.807, 2.05) is 21.0 Å². The van der Waals surface area contributed by atoms with E-state index in [0.29, 0.717) is 12.5 Å². The summed E-state index contributed by atoms with van der Waals surface area (Å²) in [6.45, 7) is 3.54. The molecule has 0 radical (unpaired) electrons. The summed E-state index contributed by atoms with van der Waals surface area (Å²) in [4.78, 5) is 28.2. The lowest BCUT2D eigenvalue weighted by Gasteiger charge is -2.37. The maximum absolute atomic E-state index is 12.4. The van der Waals surface area contributed by atoms with E-state index in [9.17, 15) is 9.59 Å². The third-order valence-corrected chi connectivity index (χ3v) is 4.04. The van der Waals surface area contributed by atoms with Gasteiger partial charge in [-0.3, -0.25) is 9.59 Å². The molecule has 0 spiro atoms. The molecule has 19 heavy (non-hydrogen) atoms. The van der Waals surface area contributed by atoms with Crippen LogP contribution in [0.25, 0.3) is 0 Å². The van der Waals surface area contributed by atoms with Crippen molar-refractivity contribution in [1.29, 1.82) is 0 Å². The normalized spacial score (nSPS) is 27.9. The van der Waals surface area contributed by atoms with Crippen LogP contribution in [0.3, 0.4) is 0 Å². The summed E-state index contributed by atoms with van der Waals surface area (Å²) >= 11 is 0. The molecule has 5 heteroatoms. The van der Waals surface area contributed by atoms with Gasteiger partial charge in [0.1, 0.15) is 12.1 Å². The summed E-state index contributed by atoms with van der Waals surface area (Å²) in [5.41, 5.74) is 0. The van der Waals surface area contributed by atoms with Gasteiger partial charge < -0.3 is 15.1 Å². The summed E-state index contributed by atoms with van der Waals surface area (Å²) in [7, 11) is 4.09. The summed E-state index contributed by atoms with van der Waals surface area (Å²) in [6, 6.07) is -0.570. The minimum Gasteiger partial charge on any atom is -0.342 e. The Morgan fingerprint density at radius 2 is 1.95 bits per heavy atom. The van der Waals surface area contributed by atoms with Crippen molar-refractivity contribution in [3.63, 3.8) is 0 Å². The van der Waals surface area contributed by atoms with E-state index in [1.165, 1.54) is 0 Å². The molecule has 5 nitrogen and oxygen atoms in total. The Balaban J connectivity index is 1.88. The first kappa shape index (κ1) is 14.3. The second kappa shape index (κ2) is 5.90. The highest BCUT2D eigenvalue weighted by molar-refractivity contribution is 5.97. The van der Waals surface area contributed by atoms with E-state index in [2.05, 4.69) is 10.2 Å². The van der Waals surface area contributed by atoms with Crippen molar-refractivity contribution in [2.24, 2.45) is 5.92 Å². The van der Waals surface area contributed by atoms with Gasteiger partial charge in [-0.15, -0.1) is 0 Å². The molecule has 2 aliphatic rings. The van der Waals surface area contributed by atoms with Crippen molar-refractivity contribution in [1.82, 2.24) is 15.1 Å². The van der Waals surface area contributed by atoms with Gasteiger partial charge in [0, 0.05) is 6.54 Å². The van der Waals surface area contributed by atoms with Crippen molar-refractivity contribution < 1.29 is 9.59 Å². The Kier molecular flexibility index (Phi) is 4.45. The Morgan fingerprint density at radius 1 is 1.26 bits per heavy atom. The Labute approximate surface area is 115 Å². The van der Waals surface area contributed by atoms with Gasteiger partial charge >= 0.3 is 0 Å². The number of hydrogen-bond acceptors (Lipinski definition) is 3. The molecule has 1 aliphatic carbocycles. The van der Waals surface area contributed by atoms with Crippen LogP contribution in [0.4, 0.5) is 0 Å². The van der Waals surface area contributed by atoms with Crippen LogP contribution in [-0.4, -0.2) is 60.9 Å². The van der Waals surface area contributed by atoms with Gasteiger partial charge in [0.05, 0.1) is 0 Å². The first-order chi connectivity index (χ1) is 9.00. The van der Waals surface area contributed by atoms with Gasteiger partial charge in [-0.1, -0.05) is 0 Å². The minimum absolute atomic E-state index is 0.00381. The molecule has 1 saturated carbocycles. The van der Waals surface area contributed by atoms with E-state index >= 15 is 0 Å². The van der Waals surface area contributed by atoms with Crippen molar-refractivity contribution in [3.05, 3.63) is 0 Å². The van der Waals surface area contributed by atoms with Crippen molar-refractivity contribution in [2.45, 2.75) is 44.7 Å². The van der Waals surface area contributed by atoms with Gasteiger partial charge in [-0.25, -0.2) is 0 Å². The number of nitrogens with zero attached hydrogens (tertiary/aromatic N) is 2. The topological polar surface area (TPSA) is 52.7 Å². The molecule has 1 aliphatic heterocycles. The average Bonchev–Trinajstić information content (AvgIpc) is 3.16. The zero-order valence-electron chi connectivity index (χ0n) is 12.2. The molecule has 1 heterocycles. The van der Waals surface area contributed by atoms with Crippen LogP contribution in [0, 0.1) is 5.92 Å². The minimum atomic E-state index is -0.318. The molecule has 0 bridgehead atoms. The first-order valence-electron chi connectivity index (χ1n) is 7.26. The fourth-order valence-electron chi connectivity index (χ4n) is 2.61. The molecule has 0 aromatic heterocycles. The van der Waals surface area contributed by atoms with Gasteiger partial charge in [0.15, 0.2) is 0 Å². The monoisotopic (exact) mass is 267 g/mol. The molecule has 2 fully saturated rings. The van der Waals surface area contributed by atoms with Crippen LogP contribution < -0.4 is 5.32 Å². The van der Waals surface area contributed by atoms with Gasteiger partial charge in [-0.2, -0.15) is 0 Å². The molecule has 2 amide bonds. The van der Waals surface area contributed by atoms with Gasteiger partial charge in [0.2, 0.25) is 11.8 Å². The number of piperazine rings is 1. The lowest BCUT2D eigenvalue weighted by atomic mass is 10.0. The number of hydrogen-bond donors (Lipinski definition) is 1. The molecule has 0 aromatic carbocycles. The molecular formula is C14H25N3O2.